The van der Waals surface area contributed by atoms with E-state index in [9.17, 15) is 4.39 Å². The zero-order valence-corrected chi connectivity index (χ0v) is 10.3. The number of nitrogens with two attached hydrogens (primary N) is 1. The van der Waals surface area contributed by atoms with Gasteiger partial charge in [0.15, 0.2) is 0 Å². The molecule has 2 N–H and O–H groups in total. The minimum Gasteiger partial charge on any atom is -0.324 e. The maximum Gasteiger partial charge on any atom is 0.213 e. The number of tetrazole rings is 1. The quantitative estimate of drug-likeness (QED) is 0.898. The van der Waals surface area contributed by atoms with E-state index in [-0.39, 0.29) is 11.9 Å². The summed E-state index contributed by atoms with van der Waals surface area (Å²) in [6.07, 6.45) is 0. The summed E-state index contributed by atoms with van der Waals surface area (Å²) in [5, 5.41) is 11.7. The number of halogens is 1. The van der Waals surface area contributed by atoms with Crippen molar-refractivity contribution in [3.63, 3.8) is 0 Å². The topological polar surface area (TPSA) is 69.6 Å². The van der Waals surface area contributed by atoms with Crippen LogP contribution < -0.4 is 5.73 Å². The van der Waals surface area contributed by atoms with Crippen molar-refractivity contribution in [2.24, 2.45) is 12.8 Å². The number of rotatable bonds is 3. The van der Waals surface area contributed by atoms with Crippen molar-refractivity contribution in [3.8, 4) is 0 Å². The van der Waals surface area contributed by atoms with Gasteiger partial charge >= 0.3 is 0 Å². The van der Waals surface area contributed by atoms with Gasteiger partial charge in [0, 0.05) is 23.5 Å². The predicted octanol–water partition coefficient (Wildman–Crippen LogP) is 1.52. The molecule has 0 saturated heterocycles. The molecular formula is C10H12FN5S. The number of nitrogens with zero attached hydrogens (tertiary/aromatic N) is 4. The zero-order chi connectivity index (χ0) is 12.4. The third-order valence-corrected chi connectivity index (χ3v) is 3.36. The number of hydrogen-bond donors (Lipinski definition) is 1. The predicted molar refractivity (Wildman–Crippen MR) is 61.9 cm³/mol. The first-order chi connectivity index (χ1) is 8.09. The lowest BCUT2D eigenvalue weighted by atomic mass is 10.1. The lowest BCUT2D eigenvalue weighted by molar-refractivity contribution is 0.585. The van der Waals surface area contributed by atoms with Crippen molar-refractivity contribution in [3.05, 3.63) is 29.6 Å². The fourth-order valence-corrected chi connectivity index (χ4v) is 2.44. The lowest BCUT2D eigenvalue weighted by Crippen LogP contribution is -2.09. The Morgan fingerprint density at radius 1 is 1.47 bits per heavy atom. The van der Waals surface area contributed by atoms with Gasteiger partial charge in [-0.15, -0.1) is 5.10 Å². The van der Waals surface area contributed by atoms with Crippen LogP contribution in [0.3, 0.4) is 0 Å². The number of aromatic nitrogens is 4. The van der Waals surface area contributed by atoms with E-state index in [1.807, 2.05) is 0 Å². The summed E-state index contributed by atoms with van der Waals surface area (Å²) in [5.41, 5.74) is 6.26. The molecule has 5 nitrogen and oxygen atoms in total. The van der Waals surface area contributed by atoms with Crippen molar-refractivity contribution >= 4 is 11.8 Å². The van der Waals surface area contributed by atoms with Gasteiger partial charge in [-0.05, 0) is 41.2 Å². The van der Waals surface area contributed by atoms with E-state index < -0.39 is 0 Å². The molecule has 0 aliphatic heterocycles. The number of benzene rings is 1. The van der Waals surface area contributed by atoms with Gasteiger partial charge in [-0.25, -0.2) is 9.07 Å². The highest BCUT2D eigenvalue weighted by Gasteiger charge is 2.15. The molecule has 0 bridgehead atoms. The van der Waals surface area contributed by atoms with Crippen LogP contribution in [-0.2, 0) is 7.05 Å². The van der Waals surface area contributed by atoms with Crippen molar-refractivity contribution in [2.75, 3.05) is 0 Å². The molecule has 0 aliphatic rings. The van der Waals surface area contributed by atoms with Crippen molar-refractivity contribution in [1.29, 1.82) is 0 Å². The minimum absolute atomic E-state index is 0.305. The Morgan fingerprint density at radius 3 is 2.82 bits per heavy atom. The van der Waals surface area contributed by atoms with Crippen LogP contribution in [0.5, 0.6) is 0 Å². The van der Waals surface area contributed by atoms with Crippen LogP contribution in [0.25, 0.3) is 0 Å². The maximum atomic E-state index is 13.7. The van der Waals surface area contributed by atoms with Crippen molar-refractivity contribution in [2.45, 2.75) is 23.0 Å². The fourth-order valence-electron chi connectivity index (χ4n) is 1.45. The van der Waals surface area contributed by atoms with E-state index in [1.54, 1.807) is 26.1 Å². The molecule has 0 saturated carbocycles. The third kappa shape index (κ3) is 2.45. The van der Waals surface area contributed by atoms with Crippen LogP contribution >= 0.6 is 11.8 Å². The molecule has 1 atom stereocenters. The molecule has 1 unspecified atom stereocenters. The Bertz CT molecular complexity index is 525. The molecule has 2 aromatic rings. The molecule has 7 heteroatoms. The van der Waals surface area contributed by atoms with Crippen LogP contribution in [0.15, 0.2) is 28.3 Å². The molecule has 0 fully saturated rings. The van der Waals surface area contributed by atoms with Gasteiger partial charge in [0.25, 0.3) is 0 Å². The monoisotopic (exact) mass is 253 g/mol. The Labute approximate surface area is 102 Å². The molecule has 1 heterocycles. The summed E-state index contributed by atoms with van der Waals surface area (Å²) in [7, 11) is 1.73. The van der Waals surface area contributed by atoms with Crippen LogP contribution in [0, 0.1) is 5.82 Å². The van der Waals surface area contributed by atoms with Crippen LogP contribution in [0.2, 0.25) is 0 Å². The summed E-state index contributed by atoms with van der Waals surface area (Å²) in [6, 6.07) is 4.48. The van der Waals surface area contributed by atoms with Gasteiger partial charge < -0.3 is 5.73 Å². The minimum atomic E-state index is -0.375. The van der Waals surface area contributed by atoms with E-state index in [0.29, 0.717) is 10.7 Å². The number of hydrogen-bond acceptors (Lipinski definition) is 5. The summed E-state index contributed by atoms with van der Waals surface area (Å²) < 4.78 is 15.2. The lowest BCUT2D eigenvalue weighted by Gasteiger charge is -2.12. The average molecular weight is 253 g/mol. The standard InChI is InChI=1S/C10H12FN5S/c1-6(12)9-7(11)4-3-5-8(9)17-10-13-14-15-16(10)2/h3-6H,12H2,1-2H3. The molecule has 0 aliphatic carbocycles. The van der Waals surface area contributed by atoms with Crippen LogP contribution in [-0.4, -0.2) is 20.2 Å². The first kappa shape index (κ1) is 12.0. The molecule has 1 aromatic heterocycles. The Hall–Kier alpha value is -1.47. The summed E-state index contributed by atoms with van der Waals surface area (Å²) in [4.78, 5) is 0.734. The normalized spacial score (nSPS) is 12.7. The van der Waals surface area contributed by atoms with Crippen molar-refractivity contribution < 1.29 is 4.39 Å². The molecule has 90 valence electrons. The molecule has 0 radical (unpaired) electrons. The van der Waals surface area contributed by atoms with Crippen LogP contribution in [0.1, 0.15) is 18.5 Å². The summed E-state index contributed by atoms with van der Waals surface area (Å²) >= 11 is 1.30. The maximum absolute atomic E-state index is 13.7. The molecule has 2 rings (SSSR count). The van der Waals surface area contributed by atoms with E-state index in [0.717, 1.165) is 4.90 Å². The van der Waals surface area contributed by atoms with E-state index in [2.05, 4.69) is 15.5 Å². The highest BCUT2D eigenvalue weighted by molar-refractivity contribution is 7.99. The van der Waals surface area contributed by atoms with Gasteiger partial charge in [-0.2, -0.15) is 0 Å². The van der Waals surface area contributed by atoms with Gasteiger partial charge in [-0.1, -0.05) is 6.07 Å². The Morgan fingerprint density at radius 2 is 2.24 bits per heavy atom. The molecule has 17 heavy (non-hydrogen) atoms. The van der Waals surface area contributed by atoms with Gasteiger partial charge in [-0.3, -0.25) is 0 Å². The SMILES string of the molecule is CC(N)c1c(F)cccc1Sc1nnnn1C. The first-order valence-corrected chi connectivity index (χ1v) is 5.85. The molecule has 1 aromatic carbocycles. The second kappa shape index (κ2) is 4.80. The first-order valence-electron chi connectivity index (χ1n) is 5.04. The summed E-state index contributed by atoms with van der Waals surface area (Å²) in [6.45, 7) is 1.75. The van der Waals surface area contributed by atoms with E-state index in [4.69, 9.17) is 5.73 Å². The second-order valence-corrected chi connectivity index (χ2v) is 4.64. The van der Waals surface area contributed by atoms with Crippen molar-refractivity contribution in [1.82, 2.24) is 20.2 Å². The average Bonchev–Trinajstić information content (AvgIpc) is 2.64. The van der Waals surface area contributed by atoms with E-state index in [1.165, 1.54) is 22.5 Å². The fraction of sp³-hybridized carbons (Fsp3) is 0.300. The zero-order valence-electron chi connectivity index (χ0n) is 9.46. The summed E-state index contributed by atoms with van der Waals surface area (Å²) in [5.74, 6) is -0.305. The smallest absolute Gasteiger partial charge is 0.213 e. The highest BCUT2D eigenvalue weighted by atomic mass is 32.2. The Balaban J connectivity index is 2.39. The van der Waals surface area contributed by atoms with Gasteiger partial charge in [0.2, 0.25) is 5.16 Å². The van der Waals surface area contributed by atoms with E-state index >= 15 is 0 Å². The number of aryl methyl sites for hydroxylation is 1. The molecular weight excluding hydrogens is 241 g/mol. The molecule has 0 amide bonds. The van der Waals surface area contributed by atoms with Crippen LogP contribution in [0.4, 0.5) is 4.39 Å². The van der Waals surface area contributed by atoms with Gasteiger partial charge in [0.05, 0.1) is 0 Å². The highest BCUT2D eigenvalue weighted by Crippen LogP contribution is 2.32. The Kier molecular flexibility index (Phi) is 3.39. The second-order valence-electron chi connectivity index (χ2n) is 3.63. The van der Waals surface area contributed by atoms with Gasteiger partial charge in [0.1, 0.15) is 5.82 Å². The third-order valence-electron chi connectivity index (χ3n) is 2.25. The largest absolute Gasteiger partial charge is 0.324 e. The molecule has 0 spiro atoms.